The summed E-state index contributed by atoms with van der Waals surface area (Å²) in [4.78, 5) is 33.8. The Hall–Kier alpha value is -3.46. The summed E-state index contributed by atoms with van der Waals surface area (Å²) < 4.78 is 11.4. The molecule has 164 valence electrons. The number of benzene rings is 2. The van der Waals surface area contributed by atoms with Crippen LogP contribution >= 0.6 is 11.8 Å². The average Bonchev–Trinajstić information content (AvgIpc) is 3.28. The van der Waals surface area contributed by atoms with Crippen molar-refractivity contribution in [3.05, 3.63) is 70.3 Å². The van der Waals surface area contributed by atoms with Gasteiger partial charge in [0.2, 0.25) is 11.7 Å². The molecule has 2 heterocycles. The zero-order valence-electron chi connectivity index (χ0n) is 17.9. The van der Waals surface area contributed by atoms with Crippen LogP contribution in [0.15, 0.2) is 63.0 Å². The van der Waals surface area contributed by atoms with E-state index in [-0.39, 0.29) is 12.1 Å². The number of hydrogen-bond acceptors (Lipinski definition) is 8. The van der Waals surface area contributed by atoms with E-state index in [9.17, 15) is 9.59 Å². The van der Waals surface area contributed by atoms with Gasteiger partial charge in [0.05, 0.1) is 23.8 Å². The molecule has 9 heteroatoms. The van der Waals surface area contributed by atoms with Crippen molar-refractivity contribution in [1.29, 1.82) is 0 Å². The fourth-order valence-electron chi connectivity index (χ4n) is 3.17. The van der Waals surface area contributed by atoms with Gasteiger partial charge in [-0.05, 0) is 23.6 Å². The predicted molar refractivity (Wildman–Crippen MR) is 121 cm³/mol. The molecule has 8 nitrogen and oxygen atoms in total. The van der Waals surface area contributed by atoms with E-state index in [0.717, 1.165) is 5.56 Å². The van der Waals surface area contributed by atoms with Crippen LogP contribution in [0.1, 0.15) is 31.2 Å². The number of esters is 1. The van der Waals surface area contributed by atoms with Crippen molar-refractivity contribution in [2.24, 2.45) is 0 Å². The first kappa shape index (κ1) is 21.8. The first-order chi connectivity index (χ1) is 15.5. The van der Waals surface area contributed by atoms with Crippen molar-refractivity contribution in [2.75, 3.05) is 7.11 Å². The van der Waals surface area contributed by atoms with E-state index in [0.29, 0.717) is 39.4 Å². The molecule has 0 unspecified atom stereocenters. The van der Waals surface area contributed by atoms with E-state index < -0.39 is 5.97 Å². The number of fused-ring (bicyclic) bond motifs is 1. The van der Waals surface area contributed by atoms with Gasteiger partial charge in [-0.25, -0.2) is 4.98 Å². The summed E-state index contributed by atoms with van der Waals surface area (Å²) in [6, 6.07) is 15.0. The molecule has 0 saturated carbocycles. The van der Waals surface area contributed by atoms with Crippen molar-refractivity contribution < 1.29 is 14.1 Å². The molecule has 32 heavy (non-hydrogen) atoms. The van der Waals surface area contributed by atoms with Gasteiger partial charge in [0, 0.05) is 5.56 Å². The third kappa shape index (κ3) is 4.57. The molecule has 2 aromatic carbocycles. The van der Waals surface area contributed by atoms with Crippen molar-refractivity contribution in [3.8, 4) is 11.4 Å². The molecule has 0 spiro atoms. The summed E-state index contributed by atoms with van der Waals surface area (Å²) in [5.74, 6) is 1.09. The number of carbonyl (C=O) groups is 1. The molecule has 0 aliphatic heterocycles. The van der Waals surface area contributed by atoms with Crippen LogP contribution in [0.4, 0.5) is 0 Å². The van der Waals surface area contributed by atoms with Crippen LogP contribution in [-0.4, -0.2) is 32.8 Å². The Morgan fingerprint density at radius 1 is 1.12 bits per heavy atom. The van der Waals surface area contributed by atoms with E-state index in [1.807, 2.05) is 18.2 Å². The maximum Gasteiger partial charge on any atom is 0.325 e. The summed E-state index contributed by atoms with van der Waals surface area (Å²) in [7, 11) is 1.28. The van der Waals surface area contributed by atoms with Crippen molar-refractivity contribution >= 4 is 28.6 Å². The molecule has 0 aliphatic carbocycles. The normalized spacial score (nSPS) is 11.2. The lowest BCUT2D eigenvalue weighted by Crippen LogP contribution is -2.27. The van der Waals surface area contributed by atoms with Crippen molar-refractivity contribution in [3.63, 3.8) is 0 Å². The monoisotopic (exact) mass is 450 g/mol. The van der Waals surface area contributed by atoms with Crippen LogP contribution in [0.5, 0.6) is 0 Å². The minimum atomic E-state index is -0.532. The minimum absolute atomic E-state index is 0.229. The number of thioether (sulfide) groups is 1. The molecule has 0 atom stereocenters. The Kier molecular flexibility index (Phi) is 6.36. The highest BCUT2D eigenvalue weighted by atomic mass is 32.2. The molecule has 0 fully saturated rings. The SMILES string of the molecule is COC(=O)Cn1c(SCc2nc(-c3ccc(C(C)C)cc3)no2)nc2ccccc2c1=O. The Morgan fingerprint density at radius 2 is 1.88 bits per heavy atom. The Labute approximate surface area is 188 Å². The van der Waals surface area contributed by atoms with E-state index >= 15 is 0 Å². The third-order valence-electron chi connectivity index (χ3n) is 4.97. The fourth-order valence-corrected chi connectivity index (χ4v) is 4.00. The lowest BCUT2D eigenvalue weighted by atomic mass is 10.0. The Bertz CT molecular complexity index is 1310. The van der Waals surface area contributed by atoms with Crippen LogP contribution in [0, 0.1) is 0 Å². The lowest BCUT2D eigenvalue weighted by Gasteiger charge is -2.11. The number of carbonyl (C=O) groups excluding carboxylic acids is 1. The van der Waals surface area contributed by atoms with Gasteiger partial charge in [-0.15, -0.1) is 0 Å². The molecule has 4 aromatic rings. The first-order valence-electron chi connectivity index (χ1n) is 10.1. The second kappa shape index (κ2) is 9.35. The van der Waals surface area contributed by atoms with E-state index in [4.69, 9.17) is 9.26 Å². The topological polar surface area (TPSA) is 100 Å². The van der Waals surface area contributed by atoms with Gasteiger partial charge in [-0.2, -0.15) is 4.98 Å². The Balaban J connectivity index is 1.58. The highest BCUT2D eigenvalue weighted by Gasteiger charge is 2.17. The first-order valence-corrected chi connectivity index (χ1v) is 11.1. The second-order valence-electron chi connectivity index (χ2n) is 7.46. The largest absolute Gasteiger partial charge is 0.468 e. The van der Waals surface area contributed by atoms with Gasteiger partial charge in [0.15, 0.2) is 5.16 Å². The minimum Gasteiger partial charge on any atom is -0.468 e. The number of ether oxygens (including phenoxy) is 1. The number of methoxy groups -OCH3 is 1. The molecular weight excluding hydrogens is 428 g/mol. The maximum atomic E-state index is 12.9. The molecule has 0 amide bonds. The molecule has 0 radical (unpaired) electrons. The van der Waals surface area contributed by atoms with E-state index in [2.05, 4.69) is 41.1 Å². The van der Waals surface area contributed by atoms with Crippen molar-refractivity contribution in [1.82, 2.24) is 19.7 Å². The summed E-state index contributed by atoms with van der Waals surface area (Å²) in [6.07, 6.45) is 0. The second-order valence-corrected chi connectivity index (χ2v) is 8.40. The van der Waals surface area contributed by atoms with Crippen LogP contribution in [0.3, 0.4) is 0 Å². The molecule has 0 saturated heterocycles. The fraction of sp³-hybridized carbons (Fsp3) is 0.261. The van der Waals surface area contributed by atoms with E-state index in [1.54, 1.807) is 18.2 Å². The smallest absolute Gasteiger partial charge is 0.325 e. The van der Waals surface area contributed by atoms with Crippen LogP contribution in [-0.2, 0) is 21.8 Å². The van der Waals surface area contributed by atoms with Gasteiger partial charge in [-0.3, -0.25) is 14.2 Å². The molecule has 2 aromatic heterocycles. The van der Waals surface area contributed by atoms with Crippen LogP contribution < -0.4 is 5.56 Å². The molecule has 4 rings (SSSR count). The molecular formula is C23H22N4O4S. The van der Waals surface area contributed by atoms with Crippen LogP contribution in [0.2, 0.25) is 0 Å². The predicted octanol–water partition coefficient (Wildman–Crippen LogP) is 4.04. The van der Waals surface area contributed by atoms with Gasteiger partial charge >= 0.3 is 5.97 Å². The zero-order chi connectivity index (χ0) is 22.7. The third-order valence-corrected chi connectivity index (χ3v) is 5.93. The number of nitrogens with zero attached hydrogens (tertiary/aromatic N) is 4. The van der Waals surface area contributed by atoms with Crippen LogP contribution in [0.25, 0.3) is 22.3 Å². The summed E-state index contributed by atoms with van der Waals surface area (Å²) >= 11 is 1.24. The lowest BCUT2D eigenvalue weighted by molar-refractivity contribution is -0.141. The number of para-hydroxylation sites is 1. The molecule has 0 N–H and O–H groups in total. The van der Waals surface area contributed by atoms with Gasteiger partial charge in [-0.1, -0.05) is 67.2 Å². The number of hydrogen-bond donors (Lipinski definition) is 0. The standard InChI is InChI=1S/C23H22N4O4S/c1-14(2)15-8-10-16(11-9-15)21-25-19(31-26-21)13-32-23-24-18-7-5-4-6-17(18)22(29)27(23)12-20(28)30-3/h4-11,14H,12-13H2,1-3H3. The quantitative estimate of drug-likeness (QED) is 0.236. The zero-order valence-corrected chi connectivity index (χ0v) is 18.8. The summed E-state index contributed by atoms with van der Waals surface area (Å²) in [5.41, 5.74) is 2.34. The Morgan fingerprint density at radius 3 is 2.59 bits per heavy atom. The maximum absolute atomic E-state index is 12.9. The molecule has 0 bridgehead atoms. The van der Waals surface area contributed by atoms with Gasteiger partial charge < -0.3 is 9.26 Å². The van der Waals surface area contributed by atoms with E-state index in [1.165, 1.54) is 29.0 Å². The summed E-state index contributed by atoms with van der Waals surface area (Å²) in [5, 5.41) is 4.87. The molecule has 0 aliphatic rings. The average molecular weight is 451 g/mol. The van der Waals surface area contributed by atoms with Gasteiger partial charge in [0.1, 0.15) is 6.54 Å². The van der Waals surface area contributed by atoms with Gasteiger partial charge in [0.25, 0.3) is 5.56 Å². The highest BCUT2D eigenvalue weighted by molar-refractivity contribution is 7.98. The highest BCUT2D eigenvalue weighted by Crippen LogP contribution is 2.24. The summed E-state index contributed by atoms with van der Waals surface area (Å²) in [6.45, 7) is 4.05. The number of aromatic nitrogens is 4. The number of rotatable bonds is 7. The van der Waals surface area contributed by atoms with Crippen molar-refractivity contribution in [2.45, 2.75) is 37.2 Å².